The highest BCUT2D eigenvalue weighted by molar-refractivity contribution is 7.89. The minimum Gasteiger partial charge on any atom is -0.481 e. The molecule has 0 spiro atoms. The van der Waals surface area contributed by atoms with Gasteiger partial charge in [0.1, 0.15) is 4.90 Å². The van der Waals surface area contributed by atoms with Crippen LogP contribution in [0.25, 0.3) is 0 Å². The van der Waals surface area contributed by atoms with Crippen LogP contribution in [0.2, 0.25) is 5.02 Å². The maximum atomic E-state index is 12.7. The van der Waals surface area contributed by atoms with Gasteiger partial charge < -0.3 is 5.11 Å². The number of aliphatic carboxylic acids is 1. The second-order valence-electron chi connectivity index (χ2n) is 4.83. The van der Waals surface area contributed by atoms with Crippen molar-refractivity contribution in [2.45, 2.75) is 17.5 Å². The van der Waals surface area contributed by atoms with Crippen molar-refractivity contribution in [1.29, 1.82) is 0 Å². The van der Waals surface area contributed by atoms with Gasteiger partial charge in [-0.2, -0.15) is 17.5 Å². The van der Waals surface area contributed by atoms with E-state index in [0.29, 0.717) is 12.1 Å². The molecular formula is C12H11ClF3NO4S. The number of sulfonamides is 1. The van der Waals surface area contributed by atoms with Crippen LogP contribution in [0.4, 0.5) is 13.2 Å². The van der Waals surface area contributed by atoms with Gasteiger partial charge in [0.05, 0.1) is 16.5 Å². The van der Waals surface area contributed by atoms with E-state index < -0.39 is 38.5 Å². The number of carboxylic acid groups (broad SMARTS) is 1. The van der Waals surface area contributed by atoms with Crippen LogP contribution in [-0.4, -0.2) is 36.9 Å². The average Bonchev–Trinajstić information content (AvgIpc) is 2.87. The predicted octanol–water partition coefficient (Wildman–Crippen LogP) is 2.45. The Morgan fingerprint density at radius 3 is 2.50 bits per heavy atom. The lowest BCUT2D eigenvalue weighted by molar-refractivity contribution is -0.141. The molecule has 0 amide bonds. The molecule has 1 saturated heterocycles. The maximum absolute atomic E-state index is 12.7. The first-order chi connectivity index (χ1) is 10.0. The summed E-state index contributed by atoms with van der Waals surface area (Å²) < 4.78 is 63.7. The first-order valence-electron chi connectivity index (χ1n) is 6.13. The fraction of sp³-hybridized carbons (Fsp3) is 0.417. The van der Waals surface area contributed by atoms with Crippen LogP contribution < -0.4 is 0 Å². The Morgan fingerprint density at radius 2 is 2.00 bits per heavy atom. The van der Waals surface area contributed by atoms with Crippen molar-refractivity contribution in [3.8, 4) is 0 Å². The molecule has 0 aromatic heterocycles. The normalized spacial score (nSPS) is 20.3. The molecule has 0 aliphatic carbocycles. The Labute approximate surface area is 129 Å². The summed E-state index contributed by atoms with van der Waals surface area (Å²) in [6, 6.07) is 2.01. The zero-order valence-electron chi connectivity index (χ0n) is 11.0. The summed E-state index contributed by atoms with van der Waals surface area (Å²) in [6.45, 7) is -0.365. The first-order valence-corrected chi connectivity index (χ1v) is 7.95. The number of halogens is 4. The molecule has 122 valence electrons. The van der Waals surface area contributed by atoms with Crippen molar-refractivity contribution < 1.29 is 31.5 Å². The zero-order valence-corrected chi connectivity index (χ0v) is 12.5. The van der Waals surface area contributed by atoms with E-state index in [1.165, 1.54) is 0 Å². The molecule has 5 nitrogen and oxygen atoms in total. The lowest BCUT2D eigenvalue weighted by Gasteiger charge is -2.18. The lowest BCUT2D eigenvalue weighted by atomic mass is 10.1. The molecular weight excluding hydrogens is 347 g/mol. The molecule has 1 aliphatic rings. The summed E-state index contributed by atoms with van der Waals surface area (Å²) in [4.78, 5) is 10.2. The van der Waals surface area contributed by atoms with E-state index in [1.54, 1.807) is 0 Å². The molecule has 22 heavy (non-hydrogen) atoms. The van der Waals surface area contributed by atoms with Crippen molar-refractivity contribution in [3.63, 3.8) is 0 Å². The zero-order chi connectivity index (χ0) is 16.7. The van der Waals surface area contributed by atoms with E-state index >= 15 is 0 Å². The molecule has 1 aromatic carbocycles. The van der Waals surface area contributed by atoms with Crippen molar-refractivity contribution in [1.82, 2.24) is 4.31 Å². The van der Waals surface area contributed by atoms with Gasteiger partial charge in [-0.25, -0.2) is 8.42 Å². The third-order valence-corrected chi connectivity index (χ3v) is 5.72. The van der Waals surface area contributed by atoms with Crippen LogP contribution in [0.3, 0.4) is 0 Å². The maximum Gasteiger partial charge on any atom is 0.416 e. The second kappa shape index (κ2) is 5.71. The molecule has 0 bridgehead atoms. The molecule has 1 N–H and O–H groups in total. The van der Waals surface area contributed by atoms with Gasteiger partial charge in [-0.05, 0) is 24.6 Å². The van der Waals surface area contributed by atoms with Crippen LogP contribution in [0.1, 0.15) is 12.0 Å². The highest BCUT2D eigenvalue weighted by Crippen LogP contribution is 2.35. The van der Waals surface area contributed by atoms with Crippen LogP contribution in [0.15, 0.2) is 23.1 Å². The largest absolute Gasteiger partial charge is 0.481 e. The molecule has 0 radical (unpaired) electrons. The molecule has 1 atom stereocenters. The quantitative estimate of drug-likeness (QED) is 0.901. The van der Waals surface area contributed by atoms with Gasteiger partial charge >= 0.3 is 12.1 Å². The smallest absolute Gasteiger partial charge is 0.416 e. The average molecular weight is 358 g/mol. The van der Waals surface area contributed by atoms with E-state index in [0.717, 1.165) is 10.4 Å². The van der Waals surface area contributed by atoms with Crippen LogP contribution in [0, 0.1) is 5.92 Å². The Balaban J connectivity index is 2.40. The summed E-state index contributed by atoms with van der Waals surface area (Å²) in [6.07, 6.45) is -4.60. The summed E-state index contributed by atoms with van der Waals surface area (Å²) in [5, 5.41) is 8.54. The van der Waals surface area contributed by atoms with E-state index in [4.69, 9.17) is 16.7 Å². The number of rotatable bonds is 3. The van der Waals surface area contributed by atoms with Crippen molar-refractivity contribution in [3.05, 3.63) is 28.8 Å². The number of nitrogens with zero attached hydrogens (tertiary/aromatic N) is 1. The van der Waals surface area contributed by atoms with Gasteiger partial charge in [0.2, 0.25) is 10.0 Å². The molecule has 10 heteroatoms. The number of hydrogen-bond acceptors (Lipinski definition) is 3. The fourth-order valence-corrected chi connectivity index (χ4v) is 4.17. The summed E-state index contributed by atoms with van der Waals surface area (Å²) >= 11 is 5.72. The minimum atomic E-state index is -4.70. The number of alkyl halides is 3. The van der Waals surface area contributed by atoms with Gasteiger partial charge in [0.25, 0.3) is 0 Å². The third-order valence-electron chi connectivity index (χ3n) is 3.38. The molecule has 0 saturated carbocycles. The highest BCUT2D eigenvalue weighted by atomic mass is 35.5. The van der Waals surface area contributed by atoms with E-state index in [1.807, 2.05) is 0 Å². The minimum absolute atomic E-state index is 0.0775. The summed E-state index contributed by atoms with van der Waals surface area (Å²) in [5.41, 5.74) is -1.13. The molecule has 1 aromatic rings. The molecule has 1 unspecified atom stereocenters. The summed E-state index contributed by atoms with van der Waals surface area (Å²) in [7, 11) is -4.28. The van der Waals surface area contributed by atoms with E-state index in [-0.39, 0.29) is 24.5 Å². The topological polar surface area (TPSA) is 74.7 Å². The van der Waals surface area contributed by atoms with Gasteiger partial charge in [0.15, 0.2) is 0 Å². The monoisotopic (exact) mass is 357 g/mol. The number of hydrogen-bond donors (Lipinski definition) is 1. The van der Waals surface area contributed by atoms with Gasteiger partial charge in [0, 0.05) is 13.1 Å². The van der Waals surface area contributed by atoms with Crippen LogP contribution in [-0.2, 0) is 21.0 Å². The van der Waals surface area contributed by atoms with Crippen molar-refractivity contribution in [2.24, 2.45) is 5.92 Å². The van der Waals surface area contributed by atoms with Gasteiger partial charge in [-0.1, -0.05) is 11.6 Å². The standard InChI is InChI=1S/C12H11ClF3NO4S/c13-9-2-1-8(12(14,15)16)5-10(9)22(20,21)17-4-3-7(6-17)11(18)19/h1-2,5,7H,3-4,6H2,(H,18,19). The van der Waals surface area contributed by atoms with Gasteiger partial charge in [-0.15, -0.1) is 0 Å². The molecule has 2 rings (SSSR count). The fourth-order valence-electron chi connectivity index (χ4n) is 2.16. The highest BCUT2D eigenvalue weighted by Gasteiger charge is 2.38. The van der Waals surface area contributed by atoms with Gasteiger partial charge in [-0.3, -0.25) is 4.79 Å². The number of benzene rings is 1. The second-order valence-corrected chi connectivity index (χ2v) is 7.14. The van der Waals surface area contributed by atoms with E-state index in [9.17, 15) is 26.4 Å². The summed E-state index contributed by atoms with van der Waals surface area (Å²) in [5.74, 6) is -2.02. The Morgan fingerprint density at radius 1 is 1.36 bits per heavy atom. The van der Waals surface area contributed by atoms with Crippen LogP contribution >= 0.6 is 11.6 Å². The number of carbonyl (C=O) groups is 1. The first kappa shape index (κ1) is 17.0. The third kappa shape index (κ3) is 3.21. The SMILES string of the molecule is O=C(O)C1CCN(S(=O)(=O)c2cc(C(F)(F)F)ccc2Cl)C1. The van der Waals surface area contributed by atoms with Crippen LogP contribution in [0.5, 0.6) is 0 Å². The van der Waals surface area contributed by atoms with Crippen molar-refractivity contribution >= 4 is 27.6 Å². The molecule has 1 fully saturated rings. The Kier molecular flexibility index (Phi) is 4.42. The molecule has 1 heterocycles. The Bertz CT molecular complexity index is 705. The Hall–Kier alpha value is -1.32. The molecule has 1 aliphatic heterocycles. The predicted molar refractivity (Wildman–Crippen MR) is 71.0 cm³/mol. The lowest BCUT2D eigenvalue weighted by Crippen LogP contribution is -2.30. The van der Waals surface area contributed by atoms with Crippen molar-refractivity contribution in [2.75, 3.05) is 13.1 Å². The van der Waals surface area contributed by atoms with E-state index in [2.05, 4.69) is 0 Å². The number of carboxylic acids is 1.